The van der Waals surface area contributed by atoms with Gasteiger partial charge in [-0.1, -0.05) is 0 Å². The summed E-state index contributed by atoms with van der Waals surface area (Å²) in [5, 5.41) is 11.0. The van der Waals surface area contributed by atoms with Crippen molar-refractivity contribution in [1.82, 2.24) is 0 Å². The fourth-order valence-corrected chi connectivity index (χ4v) is 3.17. The van der Waals surface area contributed by atoms with Crippen molar-refractivity contribution in [3.05, 3.63) is 28.2 Å². The summed E-state index contributed by atoms with van der Waals surface area (Å²) >= 11 is 0.345. The van der Waals surface area contributed by atoms with Gasteiger partial charge in [-0.2, -0.15) is 0 Å². The molecule has 2 heteroatoms. The van der Waals surface area contributed by atoms with Crippen LogP contribution in [-0.4, -0.2) is 19.6 Å². The molecule has 0 bridgehead atoms. The summed E-state index contributed by atoms with van der Waals surface area (Å²) < 4.78 is 1.14. The summed E-state index contributed by atoms with van der Waals surface area (Å²) in [4.78, 5) is 2.15. The molecule has 2 rings (SSSR count). The van der Waals surface area contributed by atoms with Gasteiger partial charge in [0, 0.05) is 0 Å². The second-order valence-corrected chi connectivity index (χ2v) is 4.93. The molecule has 0 saturated carbocycles. The molecule has 1 aromatic heterocycles. The first-order valence-electron chi connectivity index (χ1n) is 3.86. The van der Waals surface area contributed by atoms with Crippen LogP contribution in [0.15, 0.2) is 17.1 Å². The van der Waals surface area contributed by atoms with Gasteiger partial charge in [0.2, 0.25) is 0 Å². The zero-order valence-electron chi connectivity index (χ0n) is 7.09. The van der Waals surface area contributed by atoms with Crippen molar-refractivity contribution in [2.45, 2.75) is 13.8 Å². The van der Waals surface area contributed by atoms with Gasteiger partial charge in [-0.15, -0.1) is 0 Å². The number of fused-ring (bicyclic) bond motifs is 1. The monoisotopic (exact) mass is 226 g/mol. The van der Waals surface area contributed by atoms with E-state index in [9.17, 15) is 5.11 Å². The summed E-state index contributed by atoms with van der Waals surface area (Å²) in [6.45, 7) is 4.01. The molecule has 12 heavy (non-hydrogen) atoms. The average molecular weight is 225 g/mol. The average Bonchev–Trinajstić information content (AvgIpc) is 2.48. The van der Waals surface area contributed by atoms with E-state index in [-0.39, 0.29) is 0 Å². The number of hydrogen-bond donors (Lipinski definition) is 1. The zero-order valence-corrected chi connectivity index (χ0v) is 8.80. The maximum atomic E-state index is 9.77. The molecule has 0 fully saturated rings. The van der Waals surface area contributed by atoms with Crippen molar-refractivity contribution in [2.75, 3.05) is 0 Å². The Morgan fingerprint density at radius 2 is 2.08 bits per heavy atom. The molecule has 0 spiro atoms. The van der Waals surface area contributed by atoms with Crippen LogP contribution in [0.4, 0.5) is 0 Å². The van der Waals surface area contributed by atoms with E-state index in [1.165, 1.54) is 10.9 Å². The molecule has 0 saturated heterocycles. The predicted octanol–water partition coefficient (Wildman–Crippen LogP) is 2.22. The molecular weight excluding hydrogens is 215 g/mol. The van der Waals surface area contributed by atoms with Gasteiger partial charge in [0.15, 0.2) is 0 Å². The molecule has 0 atom stereocenters. The Morgan fingerprint density at radius 1 is 1.33 bits per heavy atom. The molecule has 0 unspecified atom stereocenters. The Morgan fingerprint density at radius 3 is 2.83 bits per heavy atom. The van der Waals surface area contributed by atoms with Crippen molar-refractivity contribution < 1.29 is 5.11 Å². The third-order valence-electron chi connectivity index (χ3n) is 2.23. The minimum absolute atomic E-state index is 0.345. The van der Waals surface area contributed by atoms with Crippen LogP contribution in [0.1, 0.15) is 11.1 Å². The van der Waals surface area contributed by atoms with Crippen LogP contribution in [0.2, 0.25) is 0 Å². The fraction of sp³-hybridized carbons (Fsp3) is 0.200. The zero-order chi connectivity index (χ0) is 8.72. The second kappa shape index (κ2) is 2.65. The Balaban J connectivity index is 2.94. The number of aryl methyl sites for hydroxylation is 1. The Bertz CT molecular complexity index is 429. The Labute approximate surface area is 77.4 Å². The van der Waals surface area contributed by atoms with E-state index in [1.54, 1.807) is 0 Å². The number of phenolic OH excluding ortho intramolecular Hbond substituents is 1. The number of aromatic hydroxyl groups is 1. The van der Waals surface area contributed by atoms with E-state index in [4.69, 9.17) is 0 Å². The molecular formula is C10H10OSe. The molecule has 1 heterocycles. The predicted molar refractivity (Wildman–Crippen MR) is 52.0 cm³/mol. The van der Waals surface area contributed by atoms with Gasteiger partial charge in [0.25, 0.3) is 0 Å². The quantitative estimate of drug-likeness (QED) is 0.681. The van der Waals surface area contributed by atoms with Crippen molar-refractivity contribution in [3.63, 3.8) is 0 Å². The van der Waals surface area contributed by atoms with Crippen molar-refractivity contribution in [3.8, 4) is 5.75 Å². The van der Waals surface area contributed by atoms with Gasteiger partial charge in [-0.05, 0) is 0 Å². The van der Waals surface area contributed by atoms with E-state index in [0.717, 1.165) is 9.82 Å². The van der Waals surface area contributed by atoms with E-state index < -0.39 is 0 Å². The molecule has 0 amide bonds. The molecule has 0 aliphatic carbocycles. The number of hydrogen-bond acceptors (Lipinski definition) is 1. The number of benzene rings is 1. The maximum absolute atomic E-state index is 9.77. The number of rotatable bonds is 0. The molecule has 1 aromatic carbocycles. The topological polar surface area (TPSA) is 20.2 Å². The van der Waals surface area contributed by atoms with E-state index in [2.05, 4.69) is 17.1 Å². The van der Waals surface area contributed by atoms with E-state index >= 15 is 0 Å². The first-order chi connectivity index (χ1) is 5.70. The molecule has 2 aromatic rings. The Kier molecular flexibility index (Phi) is 1.74. The molecule has 0 aliphatic heterocycles. The standard InChI is InChI=1S/C10H10OSe/c1-6-5-8-3-4-12-10(8)9(11)7(6)2/h3-5,11H,1-2H3. The van der Waals surface area contributed by atoms with Gasteiger partial charge >= 0.3 is 77.1 Å². The van der Waals surface area contributed by atoms with Crippen LogP contribution < -0.4 is 0 Å². The summed E-state index contributed by atoms with van der Waals surface area (Å²) in [5.41, 5.74) is 2.20. The molecule has 1 N–H and O–H groups in total. The SMILES string of the molecule is Cc1cc2cc[se]c2c(O)c1C. The van der Waals surface area contributed by atoms with Gasteiger partial charge in [-0.3, -0.25) is 0 Å². The fourth-order valence-electron chi connectivity index (χ4n) is 1.32. The van der Waals surface area contributed by atoms with Crippen LogP contribution in [0.5, 0.6) is 5.75 Å². The van der Waals surface area contributed by atoms with Gasteiger partial charge < -0.3 is 0 Å². The van der Waals surface area contributed by atoms with Crippen LogP contribution in [0.25, 0.3) is 9.65 Å². The molecule has 62 valence electrons. The van der Waals surface area contributed by atoms with Crippen LogP contribution in [-0.2, 0) is 0 Å². The summed E-state index contributed by atoms with van der Waals surface area (Å²) in [5.74, 6) is 0.509. The van der Waals surface area contributed by atoms with E-state index in [0.29, 0.717) is 20.3 Å². The first kappa shape index (κ1) is 7.90. The first-order valence-corrected chi connectivity index (χ1v) is 5.71. The van der Waals surface area contributed by atoms with Gasteiger partial charge in [-0.25, -0.2) is 0 Å². The molecule has 0 aliphatic rings. The number of phenols is 1. The third kappa shape index (κ3) is 0.995. The third-order valence-corrected chi connectivity index (χ3v) is 4.20. The summed E-state index contributed by atoms with van der Waals surface area (Å²) in [7, 11) is 0. The van der Waals surface area contributed by atoms with Crippen LogP contribution >= 0.6 is 0 Å². The summed E-state index contributed by atoms with van der Waals surface area (Å²) in [6.07, 6.45) is 0. The van der Waals surface area contributed by atoms with Crippen LogP contribution in [0.3, 0.4) is 0 Å². The van der Waals surface area contributed by atoms with Crippen LogP contribution in [0, 0.1) is 13.8 Å². The second-order valence-electron chi connectivity index (χ2n) is 3.01. The normalized spacial score (nSPS) is 10.8. The molecule has 1 nitrogen and oxygen atoms in total. The van der Waals surface area contributed by atoms with Crippen molar-refractivity contribution >= 4 is 24.1 Å². The summed E-state index contributed by atoms with van der Waals surface area (Å²) in [6, 6.07) is 4.25. The Hall–Kier alpha value is -0.721. The van der Waals surface area contributed by atoms with E-state index in [1.807, 2.05) is 13.8 Å². The van der Waals surface area contributed by atoms with Crippen molar-refractivity contribution in [1.29, 1.82) is 0 Å². The minimum atomic E-state index is 0.345. The van der Waals surface area contributed by atoms with Crippen molar-refractivity contribution in [2.24, 2.45) is 0 Å². The van der Waals surface area contributed by atoms with Gasteiger partial charge in [0.1, 0.15) is 0 Å². The van der Waals surface area contributed by atoms with Gasteiger partial charge in [0.05, 0.1) is 0 Å². The molecule has 0 radical (unpaired) electrons.